The third-order valence-electron chi connectivity index (χ3n) is 2.21. The summed E-state index contributed by atoms with van der Waals surface area (Å²) in [6.07, 6.45) is 4.88. The van der Waals surface area contributed by atoms with Crippen molar-refractivity contribution >= 4 is 15.9 Å². The third-order valence-corrected chi connectivity index (χ3v) is 2.74. The normalized spacial score (nSPS) is 22.1. The molecule has 0 aromatic heterocycles. The Bertz CT molecular complexity index is 262. The Kier molecular flexibility index (Phi) is 3.01. The maximum Gasteiger partial charge on any atom is 0.0651 e. The molecule has 1 aliphatic rings. The van der Waals surface area contributed by atoms with Crippen molar-refractivity contribution in [2.24, 2.45) is 0 Å². The number of hydrogen-bond acceptors (Lipinski definition) is 1. The first-order chi connectivity index (χ1) is 6.34. The number of hydrogen-bond donors (Lipinski definition) is 0. The zero-order valence-electron chi connectivity index (χ0n) is 7.37. The first-order valence-corrected chi connectivity index (χ1v) is 5.36. The summed E-state index contributed by atoms with van der Waals surface area (Å²) in [7, 11) is 0. The Labute approximate surface area is 87.2 Å². The van der Waals surface area contributed by atoms with Gasteiger partial charge in [-0.3, -0.25) is 0 Å². The summed E-state index contributed by atoms with van der Waals surface area (Å²) in [5.41, 5.74) is 1.25. The molecule has 1 saturated heterocycles. The summed E-state index contributed by atoms with van der Waals surface area (Å²) in [6, 6.07) is 8.32. The molecular weight excluding hydrogens is 228 g/mol. The molecule has 1 aliphatic heterocycles. The highest BCUT2D eigenvalue weighted by Crippen LogP contribution is 2.20. The van der Waals surface area contributed by atoms with Gasteiger partial charge in [0.05, 0.1) is 6.10 Å². The van der Waals surface area contributed by atoms with E-state index in [0.29, 0.717) is 6.10 Å². The monoisotopic (exact) mass is 239 g/mol. The van der Waals surface area contributed by atoms with Gasteiger partial charge in [-0.25, -0.2) is 0 Å². The topological polar surface area (TPSA) is 9.23 Å². The van der Waals surface area contributed by atoms with Crippen LogP contribution in [0.15, 0.2) is 28.7 Å². The van der Waals surface area contributed by atoms with Crippen LogP contribution in [0.2, 0.25) is 0 Å². The minimum atomic E-state index is 0.334. The van der Waals surface area contributed by atoms with Crippen LogP contribution >= 0.6 is 15.9 Å². The predicted molar refractivity (Wildman–Crippen MR) is 56.5 cm³/mol. The van der Waals surface area contributed by atoms with Crippen molar-refractivity contribution < 1.29 is 4.74 Å². The van der Waals surface area contributed by atoms with E-state index in [2.05, 4.69) is 46.6 Å². The molecule has 0 N–H and O–H groups in total. The van der Waals surface area contributed by atoms with Gasteiger partial charge in [0.15, 0.2) is 0 Å². The molecule has 0 spiro atoms. The van der Waals surface area contributed by atoms with E-state index in [1.165, 1.54) is 12.0 Å². The first kappa shape index (κ1) is 9.22. The molecule has 0 bridgehead atoms. The highest BCUT2D eigenvalue weighted by Gasteiger charge is 2.15. The standard InChI is InChI=1S/C11H12BrO/c12-10-5-3-9(4-6-10)8-11-2-1-7-13-11/h3-6,8,11H,1-2,7H2. The van der Waals surface area contributed by atoms with Gasteiger partial charge in [-0.15, -0.1) is 0 Å². The van der Waals surface area contributed by atoms with Crippen LogP contribution in [0.5, 0.6) is 0 Å². The van der Waals surface area contributed by atoms with Crippen molar-refractivity contribution in [2.45, 2.75) is 18.9 Å². The summed E-state index contributed by atoms with van der Waals surface area (Å²) in [5.74, 6) is 0. The van der Waals surface area contributed by atoms with Gasteiger partial charge in [-0.05, 0) is 30.5 Å². The van der Waals surface area contributed by atoms with E-state index >= 15 is 0 Å². The molecule has 69 valence electrons. The SMILES string of the molecule is Brc1ccc([CH]C2CCCO2)cc1. The lowest BCUT2D eigenvalue weighted by molar-refractivity contribution is 0.136. The lowest BCUT2D eigenvalue weighted by Gasteiger charge is -2.08. The van der Waals surface area contributed by atoms with Crippen LogP contribution in [0.1, 0.15) is 18.4 Å². The van der Waals surface area contributed by atoms with Crippen LogP contribution in [0.3, 0.4) is 0 Å². The fourth-order valence-electron chi connectivity index (χ4n) is 1.52. The average molecular weight is 240 g/mol. The second kappa shape index (κ2) is 4.25. The maximum absolute atomic E-state index is 5.52. The summed E-state index contributed by atoms with van der Waals surface area (Å²) < 4.78 is 6.64. The molecule has 1 unspecified atom stereocenters. The smallest absolute Gasteiger partial charge is 0.0651 e. The molecule has 13 heavy (non-hydrogen) atoms. The Morgan fingerprint density at radius 1 is 1.31 bits per heavy atom. The van der Waals surface area contributed by atoms with E-state index in [0.717, 1.165) is 17.5 Å². The van der Waals surface area contributed by atoms with Crippen molar-refractivity contribution in [3.05, 3.63) is 40.7 Å². The van der Waals surface area contributed by atoms with Gasteiger partial charge >= 0.3 is 0 Å². The molecule has 1 aromatic rings. The van der Waals surface area contributed by atoms with Crippen molar-refractivity contribution in [1.29, 1.82) is 0 Å². The van der Waals surface area contributed by atoms with E-state index in [-0.39, 0.29) is 0 Å². The van der Waals surface area contributed by atoms with Gasteiger partial charge in [0.25, 0.3) is 0 Å². The highest BCUT2D eigenvalue weighted by atomic mass is 79.9. The average Bonchev–Trinajstić information content (AvgIpc) is 2.62. The number of benzene rings is 1. The molecule has 1 nitrogen and oxygen atoms in total. The van der Waals surface area contributed by atoms with Crippen molar-refractivity contribution in [3.63, 3.8) is 0 Å². The van der Waals surface area contributed by atoms with Gasteiger partial charge in [-0.1, -0.05) is 28.1 Å². The third kappa shape index (κ3) is 2.55. The lowest BCUT2D eigenvalue weighted by atomic mass is 10.1. The van der Waals surface area contributed by atoms with Gasteiger partial charge < -0.3 is 4.74 Å². The van der Waals surface area contributed by atoms with Crippen LogP contribution in [-0.2, 0) is 4.74 Å². The minimum absolute atomic E-state index is 0.334. The van der Waals surface area contributed by atoms with Gasteiger partial charge in [0, 0.05) is 17.5 Å². The van der Waals surface area contributed by atoms with E-state index in [1.54, 1.807) is 0 Å². The van der Waals surface area contributed by atoms with Gasteiger partial charge in [0.1, 0.15) is 0 Å². The molecular formula is C11H12BrO. The predicted octanol–water partition coefficient (Wildman–Crippen LogP) is 3.18. The largest absolute Gasteiger partial charge is 0.378 e. The number of rotatable bonds is 2. The Morgan fingerprint density at radius 3 is 2.69 bits per heavy atom. The van der Waals surface area contributed by atoms with Gasteiger partial charge in [0.2, 0.25) is 0 Å². The molecule has 0 amide bonds. The molecule has 0 saturated carbocycles. The Hall–Kier alpha value is -0.340. The quantitative estimate of drug-likeness (QED) is 0.771. The van der Waals surface area contributed by atoms with Crippen molar-refractivity contribution in [1.82, 2.24) is 0 Å². The fraction of sp³-hybridized carbons (Fsp3) is 0.364. The zero-order chi connectivity index (χ0) is 9.10. The molecule has 2 rings (SSSR count). The van der Waals surface area contributed by atoms with Crippen LogP contribution < -0.4 is 0 Å². The second-order valence-corrected chi connectivity index (χ2v) is 4.19. The molecule has 1 fully saturated rings. The highest BCUT2D eigenvalue weighted by molar-refractivity contribution is 9.10. The second-order valence-electron chi connectivity index (χ2n) is 3.27. The van der Waals surface area contributed by atoms with Crippen molar-refractivity contribution in [2.75, 3.05) is 6.61 Å². The van der Waals surface area contributed by atoms with Crippen LogP contribution in [0, 0.1) is 6.42 Å². The minimum Gasteiger partial charge on any atom is -0.378 e. The van der Waals surface area contributed by atoms with Crippen LogP contribution in [-0.4, -0.2) is 12.7 Å². The number of ether oxygens (including phenoxy) is 1. The molecule has 2 heteroatoms. The molecule has 1 atom stereocenters. The summed E-state index contributed by atoms with van der Waals surface area (Å²) >= 11 is 3.41. The summed E-state index contributed by atoms with van der Waals surface area (Å²) in [5, 5.41) is 0. The summed E-state index contributed by atoms with van der Waals surface area (Å²) in [6.45, 7) is 0.914. The summed E-state index contributed by atoms with van der Waals surface area (Å²) in [4.78, 5) is 0. The lowest BCUT2D eigenvalue weighted by Crippen LogP contribution is -2.05. The molecule has 0 aliphatic carbocycles. The Morgan fingerprint density at radius 2 is 2.08 bits per heavy atom. The molecule has 1 radical (unpaired) electrons. The van der Waals surface area contributed by atoms with Crippen LogP contribution in [0.25, 0.3) is 0 Å². The van der Waals surface area contributed by atoms with E-state index in [1.807, 2.05) is 0 Å². The first-order valence-electron chi connectivity index (χ1n) is 4.56. The maximum atomic E-state index is 5.52. The van der Waals surface area contributed by atoms with E-state index < -0.39 is 0 Å². The zero-order valence-corrected chi connectivity index (χ0v) is 8.96. The molecule has 1 heterocycles. The van der Waals surface area contributed by atoms with E-state index in [4.69, 9.17) is 4.74 Å². The van der Waals surface area contributed by atoms with Crippen LogP contribution in [0.4, 0.5) is 0 Å². The van der Waals surface area contributed by atoms with Crippen molar-refractivity contribution in [3.8, 4) is 0 Å². The van der Waals surface area contributed by atoms with Gasteiger partial charge in [-0.2, -0.15) is 0 Å². The van der Waals surface area contributed by atoms with E-state index in [9.17, 15) is 0 Å². The fourth-order valence-corrected chi connectivity index (χ4v) is 1.79. The number of halogens is 1. The molecule has 1 aromatic carbocycles. The Balaban J connectivity index is 1.97.